The molecule has 1 aromatic carbocycles. The summed E-state index contributed by atoms with van der Waals surface area (Å²) in [6, 6.07) is 6.24. The highest BCUT2D eigenvalue weighted by Gasteiger charge is 2.40. The van der Waals surface area contributed by atoms with Crippen LogP contribution < -0.4 is 4.74 Å². The van der Waals surface area contributed by atoms with Gasteiger partial charge in [0.1, 0.15) is 5.75 Å². The van der Waals surface area contributed by atoms with E-state index >= 15 is 0 Å². The average molecular weight is 331 g/mol. The molecule has 3 aliphatic rings. The number of benzene rings is 1. The van der Waals surface area contributed by atoms with Crippen LogP contribution in [0.2, 0.25) is 0 Å². The van der Waals surface area contributed by atoms with Crippen molar-refractivity contribution in [2.24, 2.45) is 0 Å². The van der Waals surface area contributed by atoms with Crippen molar-refractivity contribution in [2.45, 2.75) is 44.3 Å². The van der Waals surface area contributed by atoms with Gasteiger partial charge in [-0.2, -0.15) is 0 Å². The van der Waals surface area contributed by atoms with Crippen molar-refractivity contribution in [1.82, 2.24) is 4.90 Å². The second kappa shape index (κ2) is 6.73. The number of nitrogens with zero attached hydrogens (tertiary/aromatic N) is 1. The first kappa shape index (κ1) is 15.9. The van der Waals surface area contributed by atoms with Crippen LogP contribution >= 0.6 is 0 Å². The van der Waals surface area contributed by atoms with Crippen molar-refractivity contribution < 1.29 is 19.0 Å². The standard InChI is InChI=1S/C19H25NO4/c21-18(20-9-7-19(8-10-20)23-11-12-24-19)14-22-17-6-5-15-3-1-2-4-16(15)13-17/h5-6,13H,1-4,7-12,14H2. The molecule has 0 unspecified atom stereocenters. The van der Waals surface area contributed by atoms with Crippen LogP contribution in [-0.2, 0) is 27.1 Å². The number of carbonyl (C=O) groups is 1. The summed E-state index contributed by atoms with van der Waals surface area (Å²) in [5.41, 5.74) is 2.81. The lowest BCUT2D eigenvalue weighted by molar-refractivity contribution is -0.187. The normalized spacial score (nSPS) is 22.4. The van der Waals surface area contributed by atoms with E-state index in [0.29, 0.717) is 26.3 Å². The van der Waals surface area contributed by atoms with Crippen molar-refractivity contribution in [3.8, 4) is 5.75 Å². The highest BCUT2D eigenvalue weighted by atomic mass is 16.7. The van der Waals surface area contributed by atoms with Gasteiger partial charge >= 0.3 is 0 Å². The van der Waals surface area contributed by atoms with E-state index in [2.05, 4.69) is 12.1 Å². The number of aryl methyl sites for hydroxylation is 2. The van der Waals surface area contributed by atoms with Crippen LogP contribution in [0.4, 0.5) is 0 Å². The third kappa shape index (κ3) is 3.28. The Morgan fingerprint density at radius 3 is 2.54 bits per heavy atom. The predicted octanol–water partition coefficient (Wildman–Crippen LogP) is 2.31. The van der Waals surface area contributed by atoms with Crippen LogP contribution in [0.1, 0.15) is 36.8 Å². The SMILES string of the molecule is O=C(COc1ccc2c(c1)CCCC2)N1CCC2(CC1)OCCO2. The Kier molecular flexibility index (Phi) is 4.46. The van der Waals surface area contributed by atoms with Gasteiger partial charge in [0, 0.05) is 25.9 Å². The molecule has 24 heavy (non-hydrogen) atoms. The van der Waals surface area contributed by atoms with Crippen molar-refractivity contribution in [2.75, 3.05) is 32.9 Å². The lowest BCUT2D eigenvalue weighted by Gasteiger charge is -2.37. The lowest BCUT2D eigenvalue weighted by Crippen LogP contribution is -2.48. The Hall–Kier alpha value is -1.59. The van der Waals surface area contributed by atoms with Gasteiger partial charge in [-0.05, 0) is 48.9 Å². The van der Waals surface area contributed by atoms with Crippen molar-refractivity contribution in [3.63, 3.8) is 0 Å². The number of fused-ring (bicyclic) bond motifs is 1. The number of carbonyl (C=O) groups excluding carboxylic acids is 1. The summed E-state index contributed by atoms with van der Waals surface area (Å²) in [5, 5.41) is 0. The van der Waals surface area contributed by atoms with Crippen LogP contribution in [0.25, 0.3) is 0 Å². The minimum atomic E-state index is -0.434. The van der Waals surface area contributed by atoms with E-state index in [1.807, 2.05) is 11.0 Å². The van der Waals surface area contributed by atoms with Gasteiger partial charge < -0.3 is 19.1 Å². The minimum absolute atomic E-state index is 0.0422. The monoisotopic (exact) mass is 331 g/mol. The predicted molar refractivity (Wildman–Crippen MR) is 89.0 cm³/mol. The molecule has 2 aliphatic heterocycles. The Morgan fingerprint density at radius 2 is 1.79 bits per heavy atom. The van der Waals surface area contributed by atoms with Gasteiger partial charge in [0.25, 0.3) is 5.91 Å². The Morgan fingerprint density at radius 1 is 1.08 bits per heavy atom. The van der Waals surface area contributed by atoms with Crippen LogP contribution in [0.3, 0.4) is 0 Å². The highest BCUT2D eigenvalue weighted by Crippen LogP contribution is 2.31. The van der Waals surface area contributed by atoms with Gasteiger partial charge in [0.2, 0.25) is 0 Å². The van der Waals surface area contributed by atoms with Crippen molar-refractivity contribution >= 4 is 5.91 Å². The summed E-state index contributed by atoms with van der Waals surface area (Å²) in [7, 11) is 0. The number of likely N-dealkylation sites (tertiary alicyclic amines) is 1. The fraction of sp³-hybridized carbons (Fsp3) is 0.632. The van der Waals surface area contributed by atoms with Gasteiger partial charge in [0.05, 0.1) is 13.2 Å². The number of amides is 1. The zero-order chi connectivity index (χ0) is 16.4. The molecule has 2 heterocycles. The smallest absolute Gasteiger partial charge is 0.260 e. The molecule has 5 nitrogen and oxygen atoms in total. The quantitative estimate of drug-likeness (QED) is 0.853. The number of hydrogen-bond donors (Lipinski definition) is 0. The van der Waals surface area contributed by atoms with Crippen molar-refractivity contribution in [3.05, 3.63) is 29.3 Å². The fourth-order valence-corrected chi connectivity index (χ4v) is 3.92. The molecule has 1 aromatic rings. The summed E-state index contributed by atoms with van der Waals surface area (Å²) >= 11 is 0. The molecular formula is C19H25NO4. The molecule has 1 aliphatic carbocycles. The molecule has 0 aromatic heterocycles. The second-order valence-electron chi connectivity index (χ2n) is 6.91. The summed E-state index contributed by atoms with van der Waals surface area (Å²) in [6.45, 7) is 2.77. The van der Waals surface area contributed by atoms with E-state index in [0.717, 1.165) is 31.4 Å². The molecule has 0 atom stereocenters. The molecule has 1 spiro atoms. The first-order chi connectivity index (χ1) is 11.7. The van der Waals surface area contributed by atoms with Gasteiger partial charge in [-0.15, -0.1) is 0 Å². The summed E-state index contributed by atoms with van der Waals surface area (Å²) in [6.07, 6.45) is 6.29. The van der Waals surface area contributed by atoms with E-state index in [-0.39, 0.29) is 12.5 Å². The van der Waals surface area contributed by atoms with Crippen LogP contribution in [0.5, 0.6) is 5.75 Å². The Labute approximate surface area is 142 Å². The molecule has 2 saturated heterocycles. The zero-order valence-corrected chi connectivity index (χ0v) is 14.1. The van der Waals surface area contributed by atoms with Crippen LogP contribution in [0.15, 0.2) is 18.2 Å². The van der Waals surface area contributed by atoms with Gasteiger partial charge in [-0.1, -0.05) is 6.07 Å². The average Bonchev–Trinajstić information content (AvgIpc) is 3.08. The second-order valence-corrected chi connectivity index (χ2v) is 6.91. The lowest BCUT2D eigenvalue weighted by atomic mass is 9.92. The molecule has 5 heteroatoms. The molecule has 0 saturated carbocycles. The largest absolute Gasteiger partial charge is 0.484 e. The Balaban J connectivity index is 1.29. The first-order valence-corrected chi connectivity index (χ1v) is 9.04. The van der Waals surface area contributed by atoms with E-state index < -0.39 is 5.79 Å². The third-order valence-electron chi connectivity index (χ3n) is 5.37. The number of hydrogen-bond acceptors (Lipinski definition) is 4. The molecule has 0 bridgehead atoms. The van der Waals surface area contributed by atoms with Crippen LogP contribution in [-0.4, -0.2) is 49.5 Å². The summed E-state index contributed by atoms with van der Waals surface area (Å²) < 4.78 is 17.2. The fourth-order valence-electron chi connectivity index (χ4n) is 3.92. The molecule has 2 fully saturated rings. The topological polar surface area (TPSA) is 48.0 Å². The minimum Gasteiger partial charge on any atom is -0.484 e. The van der Waals surface area contributed by atoms with Gasteiger partial charge in [-0.25, -0.2) is 0 Å². The van der Waals surface area contributed by atoms with E-state index in [1.165, 1.54) is 24.0 Å². The van der Waals surface area contributed by atoms with E-state index in [1.54, 1.807) is 0 Å². The zero-order valence-electron chi connectivity index (χ0n) is 14.1. The molecule has 4 rings (SSSR count). The number of ether oxygens (including phenoxy) is 3. The van der Waals surface area contributed by atoms with Crippen molar-refractivity contribution in [1.29, 1.82) is 0 Å². The molecule has 1 amide bonds. The third-order valence-corrected chi connectivity index (χ3v) is 5.37. The highest BCUT2D eigenvalue weighted by molar-refractivity contribution is 5.77. The Bertz CT molecular complexity index is 599. The van der Waals surface area contributed by atoms with Crippen LogP contribution in [0, 0.1) is 0 Å². The maximum absolute atomic E-state index is 12.4. The van der Waals surface area contributed by atoms with E-state index in [4.69, 9.17) is 14.2 Å². The summed E-state index contributed by atoms with van der Waals surface area (Å²) in [4.78, 5) is 14.2. The number of rotatable bonds is 3. The van der Waals surface area contributed by atoms with E-state index in [9.17, 15) is 4.79 Å². The molecule has 0 N–H and O–H groups in total. The summed E-state index contributed by atoms with van der Waals surface area (Å²) in [5.74, 6) is 0.413. The maximum Gasteiger partial charge on any atom is 0.260 e. The molecular weight excluding hydrogens is 306 g/mol. The first-order valence-electron chi connectivity index (χ1n) is 9.04. The molecule has 0 radical (unpaired) electrons. The number of piperidine rings is 1. The van der Waals surface area contributed by atoms with Gasteiger partial charge in [-0.3, -0.25) is 4.79 Å². The van der Waals surface area contributed by atoms with Gasteiger partial charge in [0.15, 0.2) is 12.4 Å². The maximum atomic E-state index is 12.4. The molecule has 130 valence electrons.